The van der Waals surface area contributed by atoms with E-state index in [1.165, 1.54) is 16.7 Å². The van der Waals surface area contributed by atoms with Crippen molar-refractivity contribution < 1.29 is 4.79 Å². The highest BCUT2D eigenvalue weighted by molar-refractivity contribution is 9.10. The lowest BCUT2D eigenvalue weighted by atomic mass is 10.2. The Balaban J connectivity index is 1.58. The first kappa shape index (κ1) is 22.3. The zero-order valence-electron chi connectivity index (χ0n) is 17.9. The number of aromatic nitrogens is 3. The molecule has 0 saturated carbocycles. The van der Waals surface area contributed by atoms with Crippen molar-refractivity contribution in [2.75, 3.05) is 0 Å². The molecule has 1 N–H and O–H groups in total. The SMILES string of the molecule is Cc1ccc(-n2c(CNC(=O)c3ccccc3Br)nnc2SCc2cccc(C)c2)cc1. The van der Waals surface area contributed by atoms with E-state index in [0.29, 0.717) is 11.4 Å². The zero-order valence-corrected chi connectivity index (χ0v) is 20.3. The van der Waals surface area contributed by atoms with Crippen LogP contribution < -0.4 is 5.32 Å². The van der Waals surface area contributed by atoms with Gasteiger partial charge in [-0.2, -0.15) is 0 Å². The lowest BCUT2D eigenvalue weighted by Crippen LogP contribution is -2.25. The number of benzene rings is 3. The number of aryl methyl sites for hydroxylation is 2. The van der Waals surface area contributed by atoms with Gasteiger partial charge >= 0.3 is 0 Å². The number of halogens is 1. The third-order valence-electron chi connectivity index (χ3n) is 4.97. The van der Waals surface area contributed by atoms with E-state index in [1.54, 1.807) is 17.8 Å². The van der Waals surface area contributed by atoms with Crippen molar-refractivity contribution in [1.82, 2.24) is 20.1 Å². The summed E-state index contributed by atoms with van der Waals surface area (Å²) in [4.78, 5) is 12.7. The van der Waals surface area contributed by atoms with E-state index in [4.69, 9.17) is 0 Å². The highest BCUT2D eigenvalue weighted by Crippen LogP contribution is 2.26. The van der Waals surface area contributed by atoms with Crippen LogP contribution in [0.1, 0.15) is 32.9 Å². The van der Waals surface area contributed by atoms with Crippen LogP contribution in [-0.2, 0) is 12.3 Å². The zero-order chi connectivity index (χ0) is 22.5. The molecule has 0 fully saturated rings. The Morgan fingerprint density at radius 2 is 1.75 bits per heavy atom. The van der Waals surface area contributed by atoms with Crippen LogP contribution in [-0.4, -0.2) is 20.7 Å². The summed E-state index contributed by atoms with van der Waals surface area (Å²) in [7, 11) is 0. The molecule has 0 radical (unpaired) electrons. The van der Waals surface area contributed by atoms with E-state index in [-0.39, 0.29) is 12.5 Å². The molecule has 0 atom stereocenters. The standard InChI is InChI=1S/C25H23BrN4OS/c1-17-10-12-20(13-11-17)30-23(15-27-24(31)21-8-3-4-9-22(21)26)28-29-25(30)32-16-19-7-5-6-18(2)14-19/h3-14H,15-16H2,1-2H3,(H,27,31). The van der Waals surface area contributed by atoms with Gasteiger partial charge in [-0.05, 0) is 59.6 Å². The van der Waals surface area contributed by atoms with Crippen molar-refractivity contribution >= 4 is 33.6 Å². The second-order valence-electron chi connectivity index (χ2n) is 7.51. The topological polar surface area (TPSA) is 59.8 Å². The van der Waals surface area contributed by atoms with Gasteiger partial charge in [0.15, 0.2) is 11.0 Å². The summed E-state index contributed by atoms with van der Waals surface area (Å²) in [5.74, 6) is 1.31. The van der Waals surface area contributed by atoms with Gasteiger partial charge in [-0.3, -0.25) is 9.36 Å². The summed E-state index contributed by atoms with van der Waals surface area (Å²) in [6.45, 7) is 4.42. The molecule has 1 aromatic heterocycles. The Kier molecular flexibility index (Phi) is 7.07. The van der Waals surface area contributed by atoms with Crippen molar-refractivity contribution in [3.63, 3.8) is 0 Å². The van der Waals surface area contributed by atoms with Crippen LogP contribution in [0.2, 0.25) is 0 Å². The number of nitrogens with zero attached hydrogens (tertiary/aromatic N) is 3. The molecular formula is C25H23BrN4OS. The average molecular weight is 507 g/mol. The Bertz CT molecular complexity index is 1240. The summed E-state index contributed by atoms with van der Waals surface area (Å²) >= 11 is 5.07. The number of nitrogens with one attached hydrogen (secondary N) is 1. The maximum atomic E-state index is 12.7. The Morgan fingerprint density at radius 3 is 2.50 bits per heavy atom. The van der Waals surface area contributed by atoms with Crippen LogP contribution >= 0.6 is 27.7 Å². The summed E-state index contributed by atoms with van der Waals surface area (Å²) < 4.78 is 2.77. The van der Waals surface area contributed by atoms with E-state index < -0.39 is 0 Å². The minimum atomic E-state index is -0.162. The molecule has 4 rings (SSSR count). The number of carbonyl (C=O) groups excluding carboxylic acids is 1. The first-order valence-electron chi connectivity index (χ1n) is 10.2. The molecule has 0 aliphatic heterocycles. The molecule has 0 aliphatic rings. The molecule has 0 aliphatic carbocycles. The van der Waals surface area contributed by atoms with Gasteiger partial charge in [0, 0.05) is 15.9 Å². The molecule has 1 heterocycles. The molecule has 1 amide bonds. The fourth-order valence-electron chi connectivity index (χ4n) is 3.31. The van der Waals surface area contributed by atoms with Crippen LogP contribution in [0.4, 0.5) is 0 Å². The molecule has 0 unspecified atom stereocenters. The maximum Gasteiger partial charge on any atom is 0.252 e. The predicted octanol–water partition coefficient (Wildman–Crippen LogP) is 5.87. The molecule has 0 saturated heterocycles. The van der Waals surface area contributed by atoms with E-state index >= 15 is 0 Å². The molecule has 5 nitrogen and oxygen atoms in total. The molecule has 3 aromatic carbocycles. The number of amides is 1. The van der Waals surface area contributed by atoms with E-state index in [2.05, 4.69) is 93.8 Å². The quantitative estimate of drug-likeness (QED) is 0.318. The number of thioether (sulfide) groups is 1. The third-order valence-corrected chi connectivity index (χ3v) is 6.66. The van der Waals surface area contributed by atoms with Gasteiger partial charge in [0.25, 0.3) is 5.91 Å². The predicted molar refractivity (Wildman–Crippen MR) is 132 cm³/mol. The van der Waals surface area contributed by atoms with Crippen LogP contribution in [0.5, 0.6) is 0 Å². The summed E-state index contributed by atoms with van der Waals surface area (Å²) in [5, 5.41) is 12.6. The second-order valence-corrected chi connectivity index (χ2v) is 9.31. The van der Waals surface area contributed by atoms with Crippen LogP contribution in [0.15, 0.2) is 82.4 Å². The van der Waals surface area contributed by atoms with E-state index in [9.17, 15) is 4.79 Å². The minimum Gasteiger partial charge on any atom is -0.345 e. The first-order chi connectivity index (χ1) is 15.5. The fraction of sp³-hybridized carbons (Fsp3) is 0.160. The van der Waals surface area contributed by atoms with Crippen molar-refractivity contribution in [3.05, 3.63) is 105 Å². The van der Waals surface area contributed by atoms with Gasteiger partial charge in [-0.15, -0.1) is 10.2 Å². The lowest BCUT2D eigenvalue weighted by molar-refractivity contribution is 0.0949. The van der Waals surface area contributed by atoms with Crippen LogP contribution in [0, 0.1) is 13.8 Å². The summed E-state index contributed by atoms with van der Waals surface area (Å²) in [6.07, 6.45) is 0. The lowest BCUT2D eigenvalue weighted by Gasteiger charge is -2.12. The molecule has 32 heavy (non-hydrogen) atoms. The largest absolute Gasteiger partial charge is 0.345 e. The van der Waals surface area contributed by atoms with Gasteiger partial charge in [-0.1, -0.05) is 71.4 Å². The Morgan fingerprint density at radius 1 is 0.969 bits per heavy atom. The number of carbonyl (C=O) groups is 1. The van der Waals surface area contributed by atoms with Crippen molar-refractivity contribution in [3.8, 4) is 5.69 Å². The summed E-state index contributed by atoms with van der Waals surface area (Å²) in [5.41, 5.74) is 5.20. The van der Waals surface area contributed by atoms with Crippen molar-refractivity contribution in [1.29, 1.82) is 0 Å². The first-order valence-corrected chi connectivity index (χ1v) is 12.0. The van der Waals surface area contributed by atoms with Crippen molar-refractivity contribution in [2.45, 2.75) is 31.3 Å². The average Bonchev–Trinajstić information content (AvgIpc) is 3.20. The van der Waals surface area contributed by atoms with E-state index in [0.717, 1.165) is 21.1 Å². The Hall–Kier alpha value is -2.90. The highest BCUT2D eigenvalue weighted by Gasteiger charge is 2.17. The molecule has 0 spiro atoms. The van der Waals surface area contributed by atoms with Gasteiger partial charge in [0.2, 0.25) is 0 Å². The van der Waals surface area contributed by atoms with Crippen LogP contribution in [0.25, 0.3) is 5.69 Å². The van der Waals surface area contributed by atoms with E-state index in [1.807, 2.05) is 22.8 Å². The van der Waals surface area contributed by atoms with Gasteiger partial charge in [0.1, 0.15) is 0 Å². The monoisotopic (exact) mass is 506 g/mol. The number of rotatable bonds is 7. The minimum absolute atomic E-state index is 0.162. The van der Waals surface area contributed by atoms with Gasteiger partial charge in [0.05, 0.1) is 12.1 Å². The molecule has 162 valence electrons. The molecular weight excluding hydrogens is 484 g/mol. The van der Waals surface area contributed by atoms with Crippen LogP contribution in [0.3, 0.4) is 0 Å². The fourth-order valence-corrected chi connectivity index (χ4v) is 4.69. The van der Waals surface area contributed by atoms with Crippen molar-refractivity contribution in [2.24, 2.45) is 0 Å². The smallest absolute Gasteiger partial charge is 0.252 e. The normalized spacial score (nSPS) is 10.8. The Labute approximate surface area is 200 Å². The van der Waals surface area contributed by atoms with Gasteiger partial charge < -0.3 is 5.32 Å². The maximum absolute atomic E-state index is 12.7. The molecule has 0 bridgehead atoms. The number of hydrogen-bond donors (Lipinski definition) is 1. The number of hydrogen-bond acceptors (Lipinski definition) is 4. The molecule has 4 aromatic rings. The second kappa shape index (κ2) is 10.1. The third kappa shape index (κ3) is 5.29. The molecule has 7 heteroatoms. The summed E-state index contributed by atoms with van der Waals surface area (Å²) in [6, 6.07) is 24.0. The van der Waals surface area contributed by atoms with Gasteiger partial charge in [-0.25, -0.2) is 0 Å². The highest BCUT2D eigenvalue weighted by atomic mass is 79.9.